The molecule has 1 atom stereocenters. The Morgan fingerprint density at radius 1 is 0.892 bits per heavy atom. The third kappa shape index (κ3) is 20.2. The average Bonchev–Trinajstić information content (AvgIpc) is 2.81. The second-order valence-corrected chi connectivity index (χ2v) is 7.51. The number of hydrogen-bond acceptors (Lipinski definition) is 4. The zero-order chi connectivity index (χ0) is 27.4. The third-order valence-electron chi connectivity index (χ3n) is 3.85. The molecule has 0 aliphatic carbocycles. The van der Waals surface area contributed by atoms with E-state index in [9.17, 15) is 14.4 Å². The minimum Gasteiger partial charge on any atom is -1.00 e. The number of carbonyl (C=O) groups is 3. The van der Waals surface area contributed by atoms with Crippen LogP contribution in [-0.4, -0.2) is 40.0 Å². The van der Waals surface area contributed by atoms with Gasteiger partial charge in [-0.05, 0) is 53.1 Å². The van der Waals surface area contributed by atoms with Crippen LogP contribution in [0, 0.1) is 24.2 Å². The predicted octanol–water partition coefficient (Wildman–Crippen LogP) is 3.48. The van der Waals surface area contributed by atoms with Crippen LogP contribution in [0.2, 0.25) is 0 Å². The first-order chi connectivity index (χ1) is 16.4. The van der Waals surface area contributed by atoms with E-state index in [2.05, 4.69) is 25.0 Å². The van der Waals surface area contributed by atoms with Gasteiger partial charge in [-0.2, -0.15) is 0 Å². The number of halogens is 2. The second-order valence-electron chi connectivity index (χ2n) is 7.17. The van der Waals surface area contributed by atoms with Gasteiger partial charge in [0.05, 0.1) is 0 Å². The van der Waals surface area contributed by atoms with E-state index in [4.69, 9.17) is 22.8 Å². The number of hydrogen-bond donors (Lipinski definition) is 0. The van der Waals surface area contributed by atoms with Gasteiger partial charge in [0.1, 0.15) is 0 Å². The Kier molecular flexibility index (Phi) is 26.7. The van der Waals surface area contributed by atoms with Crippen LogP contribution in [0.5, 0.6) is 0 Å². The minimum atomic E-state index is -0.925. The van der Waals surface area contributed by atoms with Crippen LogP contribution in [0.1, 0.15) is 57.5 Å². The van der Waals surface area contributed by atoms with Gasteiger partial charge in [-0.15, -0.1) is 5.92 Å². The third-order valence-corrected chi connectivity index (χ3v) is 4.17. The summed E-state index contributed by atoms with van der Waals surface area (Å²) >= 11 is 4.87. The number of rotatable bonds is 5. The van der Waals surface area contributed by atoms with Crippen LogP contribution in [0.25, 0.3) is 0 Å². The molecule has 0 fully saturated rings. The molecule has 192 valence electrons. The van der Waals surface area contributed by atoms with E-state index in [0.717, 1.165) is 11.1 Å². The van der Waals surface area contributed by atoms with E-state index in [-0.39, 0.29) is 45.8 Å². The normalized spacial score (nSPS) is 9.57. The SMILES string of the molecule is C=C(C)C(=O)Cl.C=C(C)C(=O)OC(C)(C#CC)c1ccccc1.CC(=O)c1ccccc1.[Br-].[C-]#CC.[Mg+2]. The Morgan fingerprint density at radius 3 is 1.54 bits per heavy atom. The molecule has 4 nitrogen and oxygen atoms in total. The molecule has 0 saturated heterocycles. The molecular formula is C30H32BrClMgO4. The smallest absolute Gasteiger partial charge is 1.00 e. The largest absolute Gasteiger partial charge is 2.00 e. The molecule has 2 rings (SSSR count). The maximum Gasteiger partial charge on any atom is 2.00 e. The average molecular weight is 596 g/mol. The van der Waals surface area contributed by atoms with Crippen molar-refractivity contribution in [3.8, 4) is 17.8 Å². The molecule has 2 aromatic carbocycles. The summed E-state index contributed by atoms with van der Waals surface area (Å²) in [6, 6.07) is 18.7. The first kappa shape index (κ1) is 41.5. The van der Waals surface area contributed by atoms with Crippen LogP contribution < -0.4 is 17.0 Å². The van der Waals surface area contributed by atoms with Crippen molar-refractivity contribution in [3.05, 3.63) is 103 Å². The molecule has 0 amide bonds. The van der Waals surface area contributed by atoms with E-state index in [1.165, 1.54) is 0 Å². The fraction of sp³-hybridized carbons (Fsp3) is 0.233. The summed E-state index contributed by atoms with van der Waals surface area (Å²) in [7, 11) is 0. The summed E-state index contributed by atoms with van der Waals surface area (Å²) in [6.07, 6.45) is 5.96. The Labute approximate surface area is 253 Å². The second kappa shape index (κ2) is 23.8. The monoisotopic (exact) mass is 594 g/mol. The molecule has 0 N–H and O–H groups in total. The fourth-order valence-electron chi connectivity index (χ4n) is 2.10. The summed E-state index contributed by atoms with van der Waals surface area (Å²) in [5, 5.41) is -0.463. The first-order valence-corrected chi connectivity index (χ1v) is 10.9. The van der Waals surface area contributed by atoms with Gasteiger partial charge < -0.3 is 34.1 Å². The molecule has 0 saturated carbocycles. The number of ketones is 1. The molecular weight excluding hydrogens is 564 g/mol. The minimum absolute atomic E-state index is 0. The van der Waals surface area contributed by atoms with Crippen molar-refractivity contribution in [2.45, 2.75) is 47.1 Å². The summed E-state index contributed by atoms with van der Waals surface area (Å²) in [5.41, 5.74) is 1.45. The Balaban J connectivity index is -0.000000230. The molecule has 0 aromatic heterocycles. The fourth-order valence-corrected chi connectivity index (χ4v) is 2.10. The van der Waals surface area contributed by atoms with E-state index < -0.39 is 16.8 Å². The summed E-state index contributed by atoms with van der Waals surface area (Å²) in [6.45, 7) is 16.6. The van der Waals surface area contributed by atoms with Gasteiger partial charge in [0.25, 0.3) is 0 Å². The number of benzene rings is 2. The molecule has 2 aromatic rings. The molecule has 0 aliphatic heterocycles. The van der Waals surface area contributed by atoms with Crippen molar-refractivity contribution in [3.63, 3.8) is 0 Å². The molecule has 0 radical (unpaired) electrons. The standard InChI is InChI=1S/C15H16O2.C8H8O.C4H5ClO.C3H3.BrH.Mg/c1-5-11-15(4,17-14(16)12(2)3)13-9-7-6-8-10-13;1-7(9)8-5-3-2-4-6-8;1-3(2)4(5)6;1-3-2;;/h6-10H,2H2,1,3-4H3;2-6H,1H3;1H2,2H3;1H3;1H;/q;;;-1;;+2/p-1. The topological polar surface area (TPSA) is 60.4 Å². The molecule has 0 aliphatic rings. The first-order valence-electron chi connectivity index (χ1n) is 10.5. The van der Waals surface area contributed by atoms with E-state index >= 15 is 0 Å². The molecule has 37 heavy (non-hydrogen) atoms. The quantitative estimate of drug-likeness (QED) is 0.101. The summed E-state index contributed by atoms with van der Waals surface area (Å²) < 4.78 is 5.41. The van der Waals surface area contributed by atoms with Crippen molar-refractivity contribution in [2.75, 3.05) is 0 Å². The van der Waals surface area contributed by atoms with E-state index in [1.807, 2.05) is 66.6 Å². The predicted molar refractivity (Wildman–Crippen MR) is 149 cm³/mol. The van der Waals surface area contributed by atoms with Gasteiger partial charge >= 0.3 is 29.0 Å². The number of Topliss-reactive ketones (excluding diaryl/α,β-unsaturated/α-hetero) is 1. The molecule has 7 heteroatoms. The van der Waals surface area contributed by atoms with Crippen LogP contribution in [0.3, 0.4) is 0 Å². The van der Waals surface area contributed by atoms with Crippen LogP contribution in [0.4, 0.5) is 0 Å². The van der Waals surface area contributed by atoms with Gasteiger partial charge in [0.2, 0.25) is 5.24 Å². The Morgan fingerprint density at radius 2 is 1.27 bits per heavy atom. The molecule has 0 spiro atoms. The molecule has 0 heterocycles. The van der Waals surface area contributed by atoms with Crippen LogP contribution in [-0.2, 0) is 19.9 Å². The summed E-state index contributed by atoms with van der Waals surface area (Å²) in [4.78, 5) is 32.1. The number of esters is 1. The van der Waals surface area contributed by atoms with Crippen LogP contribution >= 0.6 is 11.6 Å². The van der Waals surface area contributed by atoms with Gasteiger partial charge in [-0.1, -0.05) is 79.7 Å². The van der Waals surface area contributed by atoms with E-state index in [0.29, 0.717) is 11.1 Å². The maximum atomic E-state index is 11.6. The molecule has 1 unspecified atom stereocenters. The van der Waals surface area contributed by atoms with Crippen molar-refractivity contribution >= 4 is 51.6 Å². The van der Waals surface area contributed by atoms with Crippen molar-refractivity contribution in [2.24, 2.45) is 0 Å². The van der Waals surface area contributed by atoms with Crippen LogP contribution in [0.15, 0.2) is 85.0 Å². The maximum absolute atomic E-state index is 11.6. The Hall–Kier alpha value is -2.61. The van der Waals surface area contributed by atoms with Gasteiger partial charge in [-0.25, -0.2) is 4.79 Å². The van der Waals surface area contributed by atoms with Crippen molar-refractivity contribution < 1.29 is 36.1 Å². The van der Waals surface area contributed by atoms with Gasteiger partial charge in [0, 0.05) is 22.3 Å². The van der Waals surface area contributed by atoms with E-state index in [1.54, 1.807) is 41.5 Å². The zero-order valence-electron chi connectivity index (χ0n) is 22.3. The van der Waals surface area contributed by atoms with Crippen molar-refractivity contribution in [1.82, 2.24) is 0 Å². The van der Waals surface area contributed by atoms with Crippen molar-refractivity contribution in [1.29, 1.82) is 0 Å². The number of carbonyl (C=O) groups excluding carboxylic acids is 3. The van der Waals surface area contributed by atoms with Gasteiger partial charge in [0.15, 0.2) is 11.4 Å². The van der Waals surface area contributed by atoms with Gasteiger partial charge in [-0.3, -0.25) is 9.59 Å². The Bertz CT molecular complexity index is 1090. The summed E-state index contributed by atoms with van der Waals surface area (Å²) in [5.74, 6) is 7.41. The number of allylic oxidation sites excluding steroid dienone is 1. The number of ether oxygens (including phenoxy) is 1. The molecule has 0 bridgehead atoms. The zero-order valence-corrected chi connectivity index (χ0v) is 26.0.